The molecule has 8 heteroatoms. The Labute approximate surface area is 139 Å². The molecule has 24 heavy (non-hydrogen) atoms. The fraction of sp³-hybridized carbons (Fsp3) is 0.312. The maximum absolute atomic E-state index is 12.5. The second-order valence-electron chi connectivity index (χ2n) is 5.30. The average molecular weight is 324 g/mol. The van der Waals surface area contributed by atoms with Gasteiger partial charge in [0.05, 0.1) is 11.3 Å². The molecule has 0 spiro atoms. The van der Waals surface area contributed by atoms with E-state index in [2.05, 4.69) is 56.6 Å². The fourth-order valence-electron chi connectivity index (χ4n) is 2.58. The lowest BCUT2D eigenvalue weighted by Crippen LogP contribution is -2.23. The summed E-state index contributed by atoms with van der Waals surface area (Å²) in [5.41, 5.74) is 3.22. The molecule has 0 saturated carbocycles. The van der Waals surface area contributed by atoms with E-state index in [0.29, 0.717) is 11.3 Å². The number of hydrazone groups is 1. The number of benzene rings is 1. The molecule has 0 radical (unpaired) electrons. The maximum Gasteiger partial charge on any atom is 0.239 e. The number of rotatable bonds is 5. The van der Waals surface area contributed by atoms with Crippen LogP contribution in [0.1, 0.15) is 26.3 Å². The number of carbonyl (C=O) groups excluding carboxylic acids is 1. The molecule has 1 aromatic carbocycles. The van der Waals surface area contributed by atoms with E-state index >= 15 is 0 Å². The first-order valence-electron chi connectivity index (χ1n) is 7.79. The van der Waals surface area contributed by atoms with Crippen molar-refractivity contribution in [2.45, 2.75) is 20.8 Å². The first-order valence-corrected chi connectivity index (χ1v) is 7.79. The van der Waals surface area contributed by atoms with Crippen LogP contribution in [0.4, 0.5) is 11.6 Å². The largest absolute Gasteiger partial charge is 0.372 e. The van der Waals surface area contributed by atoms with Crippen LogP contribution in [-0.2, 0) is 4.79 Å². The third kappa shape index (κ3) is 2.90. The Morgan fingerprint density at radius 3 is 2.50 bits per heavy atom. The molecule has 0 unspecified atom stereocenters. The van der Waals surface area contributed by atoms with Gasteiger partial charge in [0.2, 0.25) is 5.91 Å². The van der Waals surface area contributed by atoms with E-state index in [1.54, 1.807) is 6.92 Å². The molecule has 0 fully saturated rings. The summed E-state index contributed by atoms with van der Waals surface area (Å²) in [5, 5.41) is 19.4. The summed E-state index contributed by atoms with van der Waals surface area (Å²) in [6.07, 6.45) is 1.82. The molecule has 124 valence electrons. The summed E-state index contributed by atoms with van der Waals surface area (Å²) < 4.78 is 0. The summed E-state index contributed by atoms with van der Waals surface area (Å²) in [6.45, 7) is 7.94. The molecule has 0 N–H and O–H groups in total. The predicted molar refractivity (Wildman–Crippen MR) is 91.7 cm³/mol. The zero-order chi connectivity index (χ0) is 17.1. The number of tetrazole rings is 1. The smallest absolute Gasteiger partial charge is 0.239 e. The van der Waals surface area contributed by atoms with Crippen LogP contribution < -0.4 is 15.0 Å². The lowest BCUT2D eigenvalue weighted by molar-refractivity contribution is -0.114. The van der Waals surface area contributed by atoms with Crippen molar-refractivity contribution in [3.8, 4) is 0 Å². The summed E-state index contributed by atoms with van der Waals surface area (Å²) in [4.78, 5) is 14.7. The van der Waals surface area contributed by atoms with Crippen LogP contribution in [0.15, 0.2) is 34.9 Å². The Morgan fingerprint density at radius 2 is 1.92 bits per heavy atom. The second kappa shape index (κ2) is 6.61. The second-order valence-corrected chi connectivity index (χ2v) is 5.30. The van der Waals surface area contributed by atoms with Crippen LogP contribution >= 0.6 is 0 Å². The number of aromatic nitrogens is 4. The van der Waals surface area contributed by atoms with Gasteiger partial charge in [0.15, 0.2) is 0 Å². The highest BCUT2D eigenvalue weighted by Gasteiger charge is 2.26. The van der Waals surface area contributed by atoms with Gasteiger partial charge in [-0.25, -0.2) is 15.2 Å². The van der Waals surface area contributed by atoms with Gasteiger partial charge in [0.1, 0.15) is 5.95 Å². The first-order chi connectivity index (χ1) is 11.6. The molecule has 1 aliphatic rings. The third-order valence-electron chi connectivity index (χ3n) is 3.89. The Morgan fingerprint density at radius 1 is 1.21 bits per heavy atom. The minimum absolute atomic E-state index is 0.0830. The predicted octanol–water partition coefficient (Wildman–Crippen LogP) is 1.48. The van der Waals surface area contributed by atoms with Crippen LogP contribution in [0, 0.1) is 0 Å². The molecule has 0 aliphatic carbocycles. The van der Waals surface area contributed by atoms with Crippen molar-refractivity contribution in [3.63, 3.8) is 0 Å². The van der Waals surface area contributed by atoms with Crippen molar-refractivity contribution >= 4 is 29.3 Å². The minimum atomic E-state index is -0.282. The summed E-state index contributed by atoms with van der Waals surface area (Å²) in [5.74, 6) is -0.199. The van der Waals surface area contributed by atoms with Crippen molar-refractivity contribution in [1.82, 2.24) is 20.6 Å². The van der Waals surface area contributed by atoms with E-state index in [-0.39, 0.29) is 11.9 Å². The van der Waals surface area contributed by atoms with Crippen LogP contribution in [-0.4, -0.2) is 40.2 Å². The summed E-state index contributed by atoms with van der Waals surface area (Å²) in [6, 6.07) is 8.09. The molecule has 3 rings (SSSR count). The van der Waals surface area contributed by atoms with Gasteiger partial charge in [-0.3, -0.25) is 9.89 Å². The highest BCUT2D eigenvalue weighted by molar-refractivity contribution is 6.31. The van der Waals surface area contributed by atoms with Crippen molar-refractivity contribution < 1.29 is 4.79 Å². The van der Waals surface area contributed by atoms with Crippen LogP contribution in [0.25, 0.3) is 6.08 Å². The Hall–Kier alpha value is -3.03. The summed E-state index contributed by atoms with van der Waals surface area (Å²) in [7, 11) is 0. The van der Waals surface area contributed by atoms with Crippen LogP contribution in [0.5, 0.6) is 0 Å². The number of anilines is 2. The van der Waals surface area contributed by atoms with Gasteiger partial charge < -0.3 is 4.90 Å². The van der Waals surface area contributed by atoms with E-state index in [1.807, 2.05) is 18.2 Å². The van der Waals surface area contributed by atoms with Gasteiger partial charge in [-0.2, -0.15) is 5.21 Å². The van der Waals surface area contributed by atoms with Crippen LogP contribution in [0.2, 0.25) is 0 Å². The molecule has 0 bridgehead atoms. The maximum atomic E-state index is 12.5. The number of amides is 1. The fourth-order valence-corrected chi connectivity index (χ4v) is 2.58. The molecule has 0 saturated heterocycles. The lowest BCUT2D eigenvalue weighted by atomic mass is 10.1. The zero-order valence-corrected chi connectivity index (χ0v) is 13.8. The number of hydrogen-bond donors (Lipinski definition) is 0. The number of nitrogens with zero attached hydrogens (tertiary/aromatic N) is 7. The van der Waals surface area contributed by atoms with E-state index in [9.17, 15) is 4.79 Å². The molecule has 1 aliphatic heterocycles. The molecule has 2 heterocycles. The van der Waals surface area contributed by atoms with E-state index in [0.717, 1.165) is 29.3 Å². The Kier molecular flexibility index (Phi) is 4.37. The van der Waals surface area contributed by atoms with E-state index < -0.39 is 0 Å². The van der Waals surface area contributed by atoms with Gasteiger partial charge in [-0.15, -0.1) is 5.21 Å². The van der Waals surface area contributed by atoms with Crippen LogP contribution in [0.3, 0.4) is 0 Å². The summed E-state index contributed by atoms with van der Waals surface area (Å²) >= 11 is 0. The SMILES string of the molecule is CCN(CC)c1ccc(/C=C2\C(=O)N(c3nnn[n-]3)N=C2C)cc1. The topological polar surface area (TPSA) is 88.7 Å². The van der Waals surface area contributed by atoms with Crippen molar-refractivity contribution in [2.24, 2.45) is 5.10 Å². The Balaban J connectivity index is 1.84. The Bertz CT molecular complexity index is 773. The van der Waals surface area contributed by atoms with Crippen molar-refractivity contribution in [1.29, 1.82) is 0 Å². The lowest BCUT2D eigenvalue weighted by Gasteiger charge is -2.20. The highest BCUT2D eigenvalue weighted by atomic mass is 16.2. The molecular formula is C16H18N7O-. The molecule has 2 aromatic rings. The quantitative estimate of drug-likeness (QED) is 0.774. The monoisotopic (exact) mass is 324 g/mol. The molecule has 0 atom stereocenters. The van der Waals surface area contributed by atoms with Crippen molar-refractivity contribution in [3.05, 3.63) is 35.4 Å². The molecule has 1 amide bonds. The van der Waals surface area contributed by atoms with Gasteiger partial charge in [-0.1, -0.05) is 12.1 Å². The normalized spacial score (nSPS) is 16.0. The van der Waals surface area contributed by atoms with E-state index in [4.69, 9.17) is 0 Å². The highest BCUT2D eigenvalue weighted by Crippen LogP contribution is 2.22. The van der Waals surface area contributed by atoms with Crippen molar-refractivity contribution in [2.75, 3.05) is 23.0 Å². The van der Waals surface area contributed by atoms with Gasteiger partial charge in [0, 0.05) is 18.8 Å². The third-order valence-corrected chi connectivity index (χ3v) is 3.89. The molecule has 1 aromatic heterocycles. The number of hydrogen-bond acceptors (Lipinski definition) is 6. The van der Waals surface area contributed by atoms with E-state index in [1.165, 1.54) is 0 Å². The molecular weight excluding hydrogens is 306 g/mol. The average Bonchev–Trinajstić information content (AvgIpc) is 3.21. The first kappa shape index (κ1) is 15.9. The van der Waals surface area contributed by atoms with Gasteiger partial charge in [0.25, 0.3) is 0 Å². The molecule has 8 nitrogen and oxygen atoms in total. The van der Waals surface area contributed by atoms with Gasteiger partial charge in [-0.05, 0) is 44.5 Å². The number of carbonyl (C=O) groups is 1. The minimum Gasteiger partial charge on any atom is -0.372 e. The zero-order valence-electron chi connectivity index (χ0n) is 13.8. The van der Waals surface area contributed by atoms with Gasteiger partial charge >= 0.3 is 0 Å². The standard InChI is InChI=1S/C16H18N7O/c1-4-22(5-2)13-8-6-12(7-9-13)10-14-11(3)19-23(15(14)24)16-17-20-21-18-16/h6-10H,4-5H2,1-3H3/q-1/b14-10-.